The number of anilines is 3. The van der Waals surface area contributed by atoms with E-state index in [0.29, 0.717) is 11.4 Å². The number of nitrogens with one attached hydrogen (secondary N) is 2. The molecule has 1 amide bonds. The molecule has 3 rings (SSSR count). The third-order valence-electron chi connectivity index (χ3n) is 3.56. The van der Waals surface area contributed by atoms with Gasteiger partial charge in [0.2, 0.25) is 0 Å². The molecule has 0 bridgehead atoms. The molecular formula is C19H16BrN3O. The number of hydrogen-bond acceptors (Lipinski definition) is 3. The molecular weight excluding hydrogens is 366 g/mol. The topological polar surface area (TPSA) is 54.0 Å². The molecule has 0 aliphatic rings. The van der Waals surface area contributed by atoms with E-state index in [2.05, 4.69) is 31.5 Å². The predicted molar refractivity (Wildman–Crippen MR) is 101 cm³/mol. The van der Waals surface area contributed by atoms with Crippen LogP contribution >= 0.6 is 15.9 Å². The molecule has 0 spiro atoms. The predicted octanol–water partition coefficient (Wildman–Crippen LogP) is 5.15. The van der Waals surface area contributed by atoms with Crippen molar-refractivity contribution < 1.29 is 4.79 Å². The highest BCUT2D eigenvalue weighted by molar-refractivity contribution is 9.10. The molecule has 0 saturated carbocycles. The summed E-state index contributed by atoms with van der Waals surface area (Å²) in [7, 11) is 0. The number of amides is 1. The Kier molecular flexibility index (Phi) is 4.91. The lowest BCUT2D eigenvalue weighted by atomic mass is 10.2. The Balaban J connectivity index is 1.71. The maximum atomic E-state index is 12.3. The summed E-state index contributed by atoms with van der Waals surface area (Å²) in [6.45, 7) is 2.03. The number of nitrogens with zero attached hydrogens (tertiary/aromatic N) is 1. The minimum atomic E-state index is -0.197. The summed E-state index contributed by atoms with van der Waals surface area (Å²) < 4.78 is 0.837. The largest absolute Gasteiger partial charge is 0.340 e. The van der Waals surface area contributed by atoms with Gasteiger partial charge in [-0.25, -0.2) is 4.98 Å². The van der Waals surface area contributed by atoms with E-state index in [4.69, 9.17) is 0 Å². The third-order valence-corrected chi connectivity index (χ3v) is 4.25. The summed E-state index contributed by atoms with van der Waals surface area (Å²) in [5.41, 5.74) is 3.36. The van der Waals surface area contributed by atoms with E-state index >= 15 is 0 Å². The van der Waals surface area contributed by atoms with Crippen molar-refractivity contribution in [3.05, 3.63) is 82.5 Å². The van der Waals surface area contributed by atoms with Crippen LogP contribution in [0.25, 0.3) is 0 Å². The highest BCUT2D eigenvalue weighted by Crippen LogP contribution is 2.22. The number of aromatic nitrogens is 1. The van der Waals surface area contributed by atoms with Crippen LogP contribution in [-0.4, -0.2) is 10.9 Å². The minimum absolute atomic E-state index is 0.197. The Labute approximate surface area is 149 Å². The molecule has 2 aromatic carbocycles. The van der Waals surface area contributed by atoms with Crippen molar-refractivity contribution in [2.75, 3.05) is 10.6 Å². The molecule has 3 aromatic rings. The molecule has 120 valence electrons. The van der Waals surface area contributed by atoms with Gasteiger partial charge in [0.1, 0.15) is 5.82 Å². The van der Waals surface area contributed by atoms with Gasteiger partial charge in [0.05, 0.1) is 11.3 Å². The molecule has 5 heteroatoms. The number of hydrogen-bond donors (Lipinski definition) is 2. The van der Waals surface area contributed by atoms with Gasteiger partial charge in [0.15, 0.2) is 0 Å². The van der Waals surface area contributed by atoms with Crippen LogP contribution in [0.3, 0.4) is 0 Å². The second-order valence-corrected chi connectivity index (χ2v) is 6.16. The molecule has 0 atom stereocenters. The third kappa shape index (κ3) is 3.81. The summed E-state index contributed by atoms with van der Waals surface area (Å²) >= 11 is 3.41. The van der Waals surface area contributed by atoms with E-state index in [-0.39, 0.29) is 5.91 Å². The SMILES string of the molecule is Cc1ccccc1Nc1ccc(C(=O)Nc2ccccc2Br)cn1. The van der Waals surface area contributed by atoms with Crippen molar-refractivity contribution in [3.8, 4) is 0 Å². The molecule has 0 radical (unpaired) electrons. The zero-order valence-electron chi connectivity index (χ0n) is 13.1. The van der Waals surface area contributed by atoms with Gasteiger partial charge in [-0.1, -0.05) is 30.3 Å². The summed E-state index contributed by atoms with van der Waals surface area (Å²) in [6.07, 6.45) is 1.56. The van der Waals surface area contributed by atoms with Crippen LogP contribution in [0, 0.1) is 6.92 Å². The second-order valence-electron chi connectivity index (χ2n) is 5.31. The van der Waals surface area contributed by atoms with E-state index in [0.717, 1.165) is 21.4 Å². The number of carbonyl (C=O) groups is 1. The van der Waals surface area contributed by atoms with E-state index in [1.165, 1.54) is 0 Å². The smallest absolute Gasteiger partial charge is 0.257 e. The number of halogens is 1. The maximum Gasteiger partial charge on any atom is 0.257 e. The first-order valence-corrected chi connectivity index (χ1v) is 8.27. The number of aryl methyl sites for hydroxylation is 1. The van der Waals surface area contributed by atoms with Crippen LogP contribution < -0.4 is 10.6 Å². The molecule has 0 fully saturated rings. The molecule has 4 nitrogen and oxygen atoms in total. The van der Waals surface area contributed by atoms with Crippen LogP contribution in [0.1, 0.15) is 15.9 Å². The summed E-state index contributed by atoms with van der Waals surface area (Å²) in [5, 5.41) is 6.11. The number of para-hydroxylation sites is 2. The van der Waals surface area contributed by atoms with Gasteiger partial charge in [-0.05, 0) is 58.7 Å². The summed E-state index contributed by atoms with van der Waals surface area (Å²) in [6, 6.07) is 19.0. The summed E-state index contributed by atoms with van der Waals surface area (Å²) in [4.78, 5) is 16.6. The Morgan fingerprint density at radius 2 is 1.67 bits per heavy atom. The molecule has 1 heterocycles. The molecule has 0 aliphatic carbocycles. The van der Waals surface area contributed by atoms with E-state index < -0.39 is 0 Å². The van der Waals surface area contributed by atoms with Gasteiger partial charge in [-0.2, -0.15) is 0 Å². The lowest BCUT2D eigenvalue weighted by Gasteiger charge is -2.10. The van der Waals surface area contributed by atoms with Gasteiger partial charge >= 0.3 is 0 Å². The van der Waals surface area contributed by atoms with Gasteiger partial charge < -0.3 is 10.6 Å². The zero-order chi connectivity index (χ0) is 16.9. The minimum Gasteiger partial charge on any atom is -0.340 e. The van der Waals surface area contributed by atoms with Crippen molar-refractivity contribution in [2.45, 2.75) is 6.92 Å². The van der Waals surface area contributed by atoms with Crippen molar-refractivity contribution in [1.82, 2.24) is 4.98 Å². The molecule has 1 aromatic heterocycles. The van der Waals surface area contributed by atoms with Gasteiger partial charge in [-0.3, -0.25) is 4.79 Å². The molecule has 0 saturated heterocycles. The maximum absolute atomic E-state index is 12.3. The standard InChI is InChI=1S/C19H16BrN3O/c1-13-6-2-4-8-16(13)22-18-11-10-14(12-21-18)19(24)23-17-9-5-3-7-15(17)20/h2-12H,1H3,(H,21,22)(H,23,24). The monoisotopic (exact) mass is 381 g/mol. The number of rotatable bonds is 4. The Hall–Kier alpha value is -2.66. The number of pyridine rings is 1. The number of benzene rings is 2. The van der Waals surface area contributed by atoms with E-state index in [1.54, 1.807) is 18.3 Å². The van der Waals surface area contributed by atoms with Crippen LogP contribution in [-0.2, 0) is 0 Å². The normalized spacial score (nSPS) is 10.2. The first-order chi connectivity index (χ1) is 11.6. The highest BCUT2D eigenvalue weighted by Gasteiger charge is 2.09. The molecule has 0 unspecified atom stereocenters. The molecule has 24 heavy (non-hydrogen) atoms. The van der Waals surface area contributed by atoms with Crippen molar-refractivity contribution in [1.29, 1.82) is 0 Å². The fourth-order valence-corrected chi connectivity index (χ4v) is 2.59. The lowest BCUT2D eigenvalue weighted by molar-refractivity contribution is 0.102. The first kappa shape index (κ1) is 16.2. The highest BCUT2D eigenvalue weighted by atomic mass is 79.9. The van der Waals surface area contributed by atoms with Crippen molar-refractivity contribution >= 4 is 39.0 Å². The Morgan fingerprint density at radius 1 is 0.958 bits per heavy atom. The fourth-order valence-electron chi connectivity index (χ4n) is 2.21. The van der Waals surface area contributed by atoms with Crippen molar-refractivity contribution in [2.24, 2.45) is 0 Å². The lowest BCUT2D eigenvalue weighted by Crippen LogP contribution is -2.12. The Morgan fingerprint density at radius 3 is 2.33 bits per heavy atom. The van der Waals surface area contributed by atoms with Crippen LogP contribution in [0.4, 0.5) is 17.2 Å². The summed E-state index contributed by atoms with van der Waals surface area (Å²) in [5.74, 6) is 0.499. The van der Waals surface area contributed by atoms with Crippen molar-refractivity contribution in [3.63, 3.8) is 0 Å². The van der Waals surface area contributed by atoms with Gasteiger partial charge in [-0.15, -0.1) is 0 Å². The Bertz CT molecular complexity index is 862. The van der Waals surface area contributed by atoms with Gasteiger partial charge in [0.25, 0.3) is 5.91 Å². The first-order valence-electron chi connectivity index (χ1n) is 7.48. The van der Waals surface area contributed by atoms with Crippen LogP contribution in [0.2, 0.25) is 0 Å². The number of carbonyl (C=O) groups excluding carboxylic acids is 1. The van der Waals surface area contributed by atoms with E-state index in [9.17, 15) is 4.79 Å². The van der Waals surface area contributed by atoms with Gasteiger partial charge in [0, 0.05) is 16.4 Å². The van der Waals surface area contributed by atoms with Crippen LogP contribution in [0.15, 0.2) is 71.3 Å². The average molecular weight is 382 g/mol. The molecule has 0 aliphatic heterocycles. The van der Waals surface area contributed by atoms with E-state index in [1.807, 2.05) is 55.5 Å². The average Bonchev–Trinajstić information content (AvgIpc) is 2.59. The molecule has 2 N–H and O–H groups in total. The fraction of sp³-hybridized carbons (Fsp3) is 0.0526. The quantitative estimate of drug-likeness (QED) is 0.656. The van der Waals surface area contributed by atoms with Crippen LogP contribution in [0.5, 0.6) is 0 Å². The second kappa shape index (κ2) is 7.27. The zero-order valence-corrected chi connectivity index (χ0v) is 14.7.